The van der Waals surface area contributed by atoms with Gasteiger partial charge in [-0.1, -0.05) is 6.07 Å². The van der Waals surface area contributed by atoms with Gasteiger partial charge in [-0.25, -0.2) is 0 Å². The first-order valence-corrected chi connectivity index (χ1v) is 5.78. The highest BCUT2D eigenvalue weighted by Crippen LogP contribution is 2.26. The van der Waals surface area contributed by atoms with Crippen molar-refractivity contribution in [3.8, 4) is 5.75 Å². The highest BCUT2D eigenvalue weighted by molar-refractivity contribution is 5.95. The number of amides is 1. The molecule has 0 radical (unpaired) electrons. The van der Waals surface area contributed by atoms with Crippen LogP contribution in [0.15, 0.2) is 24.3 Å². The molecule has 1 aliphatic heterocycles. The van der Waals surface area contributed by atoms with Crippen molar-refractivity contribution in [2.45, 2.75) is 19.4 Å². The van der Waals surface area contributed by atoms with Crippen LogP contribution in [0.25, 0.3) is 0 Å². The molecule has 17 heavy (non-hydrogen) atoms. The lowest BCUT2D eigenvalue weighted by Crippen LogP contribution is -2.35. The van der Waals surface area contributed by atoms with Crippen molar-refractivity contribution in [3.05, 3.63) is 24.3 Å². The Bertz CT molecular complexity index is 419. The molecule has 4 nitrogen and oxygen atoms in total. The second-order valence-electron chi connectivity index (χ2n) is 4.39. The maximum absolute atomic E-state index is 12.2. The maximum Gasteiger partial charge on any atom is 0.232 e. The van der Waals surface area contributed by atoms with E-state index in [-0.39, 0.29) is 23.7 Å². The van der Waals surface area contributed by atoms with E-state index in [1.165, 1.54) is 0 Å². The summed E-state index contributed by atoms with van der Waals surface area (Å²) in [6.07, 6.45) is 0.741. The van der Waals surface area contributed by atoms with E-state index >= 15 is 0 Å². The lowest BCUT2D eigenvalue weighted by molar-refractivity contribution is -0.123. The van der Waals surface area contributed by atoms with Crippen molar-refractivity contribution < 1.29 is 14.6 Å². The molecule has 0 aromatic heterocycles. The molecule has 2 rings (SSSR count). The van der Waals surface area contributed by atoms with Gasteiger partial charge in [0.25, 0.3) is 0 Å². The first-order chi connectivity index (χ1) is 8.09. The van der Waals surface area contributed by atoms with Crippen molar-refractivity contribution in [1.29, 1.82) is 0 Å². The van der Waals surface area contributed by atoms with Crippen LogP contribution < -0.4 is 4.90 Å². The quantitative estimate of drug-likeness (QED) is 0.850. The van der Waals surface area contributed by atoms with Crippen LogP contribution in [0.2, 0.25) is 0 Å². The van der Waals surface area contributed by atoms with Crippen LogP contribution in [0.1, 0.15) is 13.3 Å². The van der Waals surface area contributed by atoms with Crippen molar-refractivity contribution >= 4 is 11.6 Å². The largest absolute Gasteiger partial charge is 0.508 e. The molecule has 1 heterocycles. The SMILES string of the molecule is CC1OCCC1C(=O)N(C)c1cccc(O)c1. The minimum Gasteiger partial charge on any atom is -0.508 e. The third-order valence-electron chi connectivity index (χ3n) is 3.24. The predicted octanol–water partition coefficient (Wildman–Crippen LogP) is 1.78. The van der Waals surface area contributed by atoms with E-state index in [0.29, 0.717) is 12.3 Å². The normalized spacial score (nSPS) is 23.6. The zero-order valence-electron chi connectivity index (χ0n) is 10.1. The lowest BCUT2D eigenvalue weighted by Gasteiger charge is -2.22. The molecular formula is C13H17NO3. The van der Waals surface area contributed by atoms with Gasteiger partial charge in [-0.05, 0) is 25.5 Å². The number of hydrogen-bond acceptors (Lipinski definition) is 3. The number of hydrogen-bond donors (Lipinski definition) is 1. The number of carbonyl (C=O) groups excluding carboxylic acids is 1. The van der Waals surface area contributed by atoms with Gasteiger partial charge in [-0.3, -0.25) is 4.79 Å². The number of aromatic hydroxyl groups is 1. The molecule has 1 aromatic carbocycles. The number of nitrogens with zero attached hydrogens (tertiary/aromatic N) is 1. The monoisotopic (exact) mass is 235 g/mol. The molecule has 1 aliphatic rings. The van der Waals surface area contributed by atoms with Gasteiger partial charge in [-0.2, -0.15) is 0 Å². The summed E-state index contributed by atoms with van der Waals surface area (Å²) in [4.78, 5) is 13.8. The Labute approximate surface area is 101 Å². The number of anilines is 1. The maximum atomic E-state index is 12.2. The average Bonchev–Trinajstić information content (AvgIpc) is 2.73. The van der Waals surface area contributed by atoms with Gasteiger partial charge >= 0.3 is 0 Å². The fourth-order valence-electron chi connectivity index (χ4n) is 2.13. The average molecular weight is 235 g/mol. The Morgan fingerprint density at radius 3 is 2.88 bits per heavy atom. The zero-order valence-corrected chi connectivity index (χ0v) is 10.1. The van der Waals surface area contributed by atoms with Crippen molar-refractivity contribution in [1.82, 2.24) is 0 Å². The second-order valence-corrected chi connectivity index (χ2v) is 4.39. The summed E-state index contributed by atoms with van der Waals surface area (Å²) in [5.74, 6) is 0.126. The van der Waals surface area contributed by atoms with Gasteiger partial charge in [-0.15, -0.1) is 0 Å². The predicted molar refractivity (Wildman–Crippen MR) is 65.0 cm³/mol. The number of carbonyl (C=O) groups is 1. The Morgan fingerprint density at radius 1 is 1.53 bits per heavy atom. The fraction of sp³-hybridized carbons (Fsp3) is 0.462. The molecule has 0 saturated carbocycles. The lowest BCUT2D eigenvalue weighted by atomic mass is 10.0. The molecule has 0 spiro atoms. The van der Waals surface area contributed by atoms with E-state index in [2.05, 4.69) is 0 Å². The number of phenols is 1. The van der Waals surface area contributed by atoms with Gasteiger partial charge in [0.15, 0.2) is 0 Å². The first kappa shape index (κ1) is 11.9. The van der Waals surface area contributed by atoms with Crippen LogP contribution in [-0.2, 0) is 9.53 Å². The van der Waals surface area contributed by atoms with Crippen LogP contribution in [0.4, 0.5) is 5.69 Å². The van der Waals surface area contributed by atoms with E-state index in [9.17, 15) is 9.90 Å². The molecule has 1 amide bonds. The van der Waals surface area contributed by atoms with Crippen LogP contribution in [0, 0.1) is 5.92 Å². The molecular weight excluding hydrogens is 218 g/mol. The van der Waals surface area contributed by atoms with Gasteiger partial charge in [0.1, 0.15) is 5.75 Å². The molecule has 0 bridgehead atoms. The molecule has 1 aromatic rings. The molecule has 2 unspecified atom stereocenters. The van der Waals surface area contributed by atoms with Crippen LogP contribution in [0.5, 0.6) is 5.75 Å². The summed E-state index contributed by atoms with van der Waals surface area (Å²) < 4.78 is 5.40. The summed E-state index contributed by atoms with van der Waals surface area (Å²) in [7, 11) is 1.72. The Kier molecular flexibility index (Phi) is 3.33. The van der Waals surface area contributed by atoms with Gasteiger partial charge in [0.05, 0.1) is 12.0 Å². The molecule has 92 valence electrons. The Morgan fingerprint density at radius 2 is 2.29 bits per heavy atom. The fourth-order valence-corrected chi connectivity index (χ4v) is 2.13. The Balaban J connectivity index is 2.14. The molecule has 1 saturated heterocycles. The summed E-state index contributed by atoms with van der Waals surface area (Å²) in [5.41, 5.74) is 0.703. The van der Waals surface area contributed by atoms with Gasteiger partial charge in [0, 0.05) is 25.4 Å². The molecule has 4 heteroatoms. The number of benzene rings is 1. The van der Waals surface area contributed by atoms with Crippen LogP contribution in [-0.4, -0.2) is 30.8 Å². The van der Waals surface area contributed by atoms with Gasteiger partial charge < -0.3 is 14.7 Å². The van der Waals surface area contributed by atoms with E-state index < -0.39 is 0 Å². The van der Waals surface area contributed by atoms with Gasteiger partial charge in [0.2, 0.25) is 5.91 Å². The molecule has 0 aliphatic carbocycles. The first-order valence-electron chi connectivity index (χ1n) is 5.78. The highest BCUT2D eigenvalue weighted by Gasteiger charge is 2.33. The van der Waals surface area contributed by atoms with E-state index in [0.717, 1.165) is 6.42 Å². The third kappa shape index (κ3) is 2.42. The van der Waals surface area contributed by atoms with E-state index in [4.69, 9.17) is 4.74 Å². The van der Waals surface area contributed by atoms with Crippen LogP contribution in [0.3, 0.4) is 0 Å². The summed E-state index contributed by atoms with van der Waals surface area (Å²) >= 11 is 0. The number of phenolic OH excluding ortho intramolecular Hbond substituents is 1. The van der Waals surface area contributed by atoms with E-state index in [1.807, 2.05) is 6.92 Å². The van der Waals surface area contributed by atoms with Crippen molar-refractivity contribution in [2.24, 2.45) is 5.92 Å². The van der Waals surface area contributed by atoms with Crippen LogP contribution >= 0.6 is 0 Å². The standard InChI is InChI=1S/C13H17NO3/c1-9-12(6-7-17-9)13(16)14(2)10-4-3-5-11(15)8-10/h3-5,8-9,12,15H,6-7H2,1-2H3. The minimum absolute atomic E-state index is 0.0257. The number of rotatable bonds is 2. The smallest absolute Gasteiger partial charge is 0.232 e. The zero-order chi connectivity index (χ0) is 12.4. The van der Waals surface area contributed by atoms with E-state index in [1.54, 1.807) is 36.2 Å². The summed E-state index contributed by atoms with van der Waals surface area (Å²) in [6.45, 7) is 2.57. The molecule has 2 atom stereocenters. The Hall–Kier alpha value is -1.55. The number of ether oxygens (including phenoxy) is 1. The minimum atomic E-state index is -0.0812. The topological polar surface area (TPSA) is 49.8 Å². The second kappa shape index (κ2) is 4.75. The third-order valence-corrected chi connectivity index (χ3v) is 3.24. The van der Waals surface area contributed by atoms with Crippen molar-refractivity contribution in [3.63, 3.8) is 0 Å². The molecule has 1 N–H and O–H groups in total. The summed E-state index contributed by atoms with van der Waals surface area (Å²) in [6, 6.07) is 6.70. The van der Waals surface area contributed by atoms with Crippen molar-refractivity contribution in [2.75, 3.05) is 18.6 Å². The highest BCUT2D eigenvalue weighted by atomic mass is 16.5. The molecule has 1 fully saturated rings. The summed E-state index contributed by atoms with van der Waals surface area (Å²) in [5, 5.41) is 9.40.